The van der Waals surface area contributed by atoms with Crippen LogP contribution in [0.15, 0.2) is 46.2 Å². The van der Waals surface area contributed by atoms with Gasteiger partial charge in [-0.15, -0.1) is 0 Å². The fourth-order valence-electron chi connectivity index (χ4n) is 1.58. The summed E-state index contributed by atoms with van der Waals surface area (Å²) in [5.41, 5.74) is 1.90. The molecule has 6 nitrogen and oxygen atoms in total. The molecular formula is C13H17N5O. The molecule has 19 heavy (non-hydrogen) atoms. The molecular weight excluding hydrogens is 242 g/mol. The lowest BCUT2D eigenvalue weighted by Gasteiger charge is -2.10. The van der Waals surface area contributed by atoms with Crippen LogP contribution >= 0.6 is 0 Å². The van der Waals surface area contributed by atoms with Crippen LogP contribution in [0.4, 0.5) is 0 Å². The summed E-state index contributed by atoms with van der Waals surface area (Å²) in [4.78, 5) is 8.40. The van der Waals surface area contributed by atoms with Gasteiger partial charge < -0.3 is 15.2 Å². The first-order valence-electron chi connectivity index (χ1n) is 6.12. The highest BCUT2D eigenvalue weighted by atomic mass is 16.5. The molecule has 0 aliphatic carbocycles. The van der Waals surface area contributed by atoms with Crippen molar-refractivity contribution in [1.82, 2.24) is 20.8 Å². The number of rotatable bonds is 5. The molecule has 0 atom stereocenters. The number of guanidine groups is 1. The predicted octanol–water partition coefficient (Wildman–Crippen LogP) is 0.977. The van der Waals surface area contributed by atoms with E-state index in [4.69, 9.17) is 4.52 Å². The van der Waals surface area contributed by atoms with Crippen LogP contribution < -0.4 is 10.6 Å². The lowest BCUT2D eigenvalue weighted by atomic mass is 10.3. The van der Waals surface area contributed by atoms with Gasteiger partial charge in [0.1, 0.15) is 12.0 Å². The van der Waals surface area contributed by atoms with Crippen LogP contribution in [-0.2, 0) is 13.0 Å². The lowest BCUT2D eigenvalue weighted by molar-refractivity contribution is 0.410. The lowest BCUT2D eigenvalue weighted by Crippen LogP contribution is -2.38. The highest BCUT2D eigenvalue weighted by Crippen LogP contribution is 1.94. The van der Waals surface area contributed by atoms with Gasteiger partial charge in [-0.1, -0.05) is 11.2 Å². The van der Waals surface area contributed by atoms with E-state index in [1.807, 2.05) is 24.3 Å². The molecule has 0 amide bonds. The van der Waals surface area contributed by atoms with Gasteiger partial charge in [-0.2, -0.15) is 0 Å². The second kappa shape index (κ2) is 7.15. The Balaban J connectivity index is 1.71. The summed E-state index contributed by atoms with van der Waals surface area (Å²) < 4.78 is 4.76. The van der Waals surface area contributed by atoms with E-state index < -0.39 is 0 Å². The zero-order chi connectivity index (χ0) is 13.3. The van der Waals surface area contributed by atoms with E-state index in [1.54, 1.807) is 19.5 Å². The first-order chi connectivity index (χ1) is 9.38. The van der Waals surface area contributed by atoms with Gasteiger partial charge in [0.15, 0.2) is 5.96 Å². The van der Waals surface area contributed by atoms with Gasteiger partial charge in [-0.3, -0.25) is 9.98 Å². The van der Waals surface area contributed by atoms with Gasteiger partial charge >= 0.3 is 0 Å². The van der Waals surface area contributed by atoms with E-state index in [-0.39, 0.29) is 0 Å². The Morgan fingerprint density at radius 2 is 2.21 bits per heavy atom. The van der Waals surface area contributed by atoms with Gasteiger partial charge in [0.2, 0.25) is 0 Å². The van der Waals surface area contributed by atoms with Gasteiger partial charge in [0.25, 0.3) is 0 Å². The first-order valence-corrected chi connectivity index (χ1v) is 6.12. The molecule has 2 heterocycles. The van der Waals surface area contributed by atoms with Crippen LogP contribution in [0.5, 0.6) is 0 Å². The largest absolute Gasteiger partial charge is 0.364 e. The van der Waals surface area contributed by atoms with E-state index in [1.165, 1.54) is 0 Å². The molecule has 2 aromatic heterocycles. The van der Waals surface area contributed by atoms with Crippen molar-refractivity contribution in [3.05, 3.63) is 48.1 Å². The number of pyridine rings is 1. The molecule has 100 valence electrons. The summed E-state index contributed by atoms with van der Waals surface area (Å²) in [5.74, 6) is 0.735. The minimum atomic E-state index is 0.583. The van der Waals surface area contributed by atoms with Crippen LogP contribution in [-0.4, -0.2) is 29.7 Å². The van der Waals surface area contributed by atoms with Crippen molar-refractivity contribution in [2.75, 3.05) is 13.6 Å². The molecule has 2 aromatic rings. The molecule has 0 aliphatic heterocycles. The molecule has 2 rings (SSSR count). The molecule has 6 heteroatoms. The Morgan fingerprint density at radius 3 is 2.89 bits per heavy atom. The zero-order valence-corrected chi connectivity index (χ0v) is 10.8. The topological polar surface area (TPSA) is 75.3 Å². The molecule has 0 saturated carbocycles. The van der Waals surface area contributed by atoms with Gasteiger partial charge in [-0.05, 0) is 12.1 Å². The maximum Gasteiger partial charge on any atom is 0.191 e. The van der Waals surface area contributed by atoms with Crippen molar-refractivity contribution in [1.29, 1.82) is 0 Å². The van der Waals surface area contributed by atoms with Crippen molar-refractivity contribution in [2.24, 2.45) is 4.99 Å². The van der Waals surface area contributed by atoms with E-state index in [2.05, 4.69) is 25.8 Å². The third-order valence-corrected chi connectivity index (χ3v) is 2.55. The summed E-state index contributed by atoms with van der Waals surface area (Å²) >= 11 is 0. The third kappa shape index (κ3) is 4.42. The standard InChI is InChI=1S/C13H17N5O/c1-14-13(17-10-12-6-9-19-18-12)16-8-5-11-4-2-3-7-15-11/h2-4,6-7,9H,5,8,10H2,1H3,(H2,14,16,17). The van der Waals surface area contributed by atoms with Crippen LogP contribution in [0.1, 0.15) is 11.4 Å². The van der Waals surface area contributed by atoms with Crippen molar-refractivity contribution in [3.8, 4) is 0 Å². The Kier molecular flexibility index (Phi) is 4.92. The van der Waals surface area contributed by atoms with Crippen LogP contribution in [0, 0.1) is 0 Å². The summed E-state index contributed by atoms with van der Waals surface area (Å²) in [5, 5.41) is 10.2. The molecule has 0 spiro atoms. The van der Waals surface area contributed by atoms with Crippen LogP contribution in [0.2, 0.25) is 0 Å². The summed E-state index contributed by atoms with van der Waals surface area (Å²) in [6.45, 7) is 1.36. The summed E-state index contributed by atoms with van der Waals surface area (Å²) in [6, 6.07) is 7.72. The highest BCUT2D eigenvalue weighted by Gasteiger charge is 2.00. The Hall–Kier alpha value is -2.37. The smallest absolute Gasteiger partial charge is 0.191 e. The fraction of sp³-hybridized carbons (Fsp3) is 0.308. The fourth-order valence-corrected chi connectivity index (χ4v) is 1.58. The molecule has 0 aliphatic rings. The average Bonchev–Trinajstić information content (AvgIpc) is 2.97. The number of hydrogen-bond acceptors (Lipinski definition) is 4. The molecule has 0 unspecified atom stereocenters. The SMILES string of the molecule is CN=C(NCCc1ccccn1)NCc1ccon1. The number of hydrogen-bond donors (Lipinski definition) is 2. The highest BCUT2D eigenvalue weighted by molar-refractivity contribution is 5.79. The Labute approximate surface area is 111 Å². The van der Waals surface area contributed by atoms with Crippen molar-refractivity contribution >= 4 is 5.96 Å². The van der Waals surface area contributed by atoms with E-state index >= 15 is 0 Å². The monoisotopic (exact) mass is 259 g/mol. The van der Waals surface area contributed by atoms with Crippen molar-refractivity contribution in [2.45, 2.75) is 13.0 Å². The van der Waals surface area contributed by atoms with Crippen LogP contribution in [0.3, 0.4) is 0 Å². The second-order valence-electron chi connectivity index (χ2n) is 3.91. The zero-order valence-electron chi connectivity index (χ0n) is 10.8. The van der Waals surface area contributed by atoms with E-state index in [9.17, 15) is 0 Å². The molecule has 0 bridgehead atoms. The Bertz CT molecular complexity index is 495. The molecule has 0 saturated heterocycles. The van der Waals surface area contributed by atoms with Crippen LogP contribution in [0.25, 0.3) is 0 Å². The minimum Gasteiger partial charge on any atom is -0.364 e. The summed E-state index contributed by atoms with van der Waals surface area (Å²) in [7, 11) is 1.74. The molecule has 0 radical (unpaired) electrons. The number of aliphatic imine (C=N–C) groups is 1. The van der Waals surface area contributed by atoms with Gasteiger partial charge in [0, 0.05) is 38.0 Å². The second-order valence-corrected chi connectivity index (χ2v) is 3.91. The molecule has 0 fully saturated rings. The molecule has 0 aromatic carbocycles. The number of nitrogens with zero attached hydrogens (tertiary/aromatic N) is 3. The average molecular weight is 259 g/mol. The predicted molar refractivity (Wildman–Crippen MR) is 72.6 cm³/mol. The minimum absolute atomic E-state index is 0.583. The summed E-state index contributed by atoms with van der Waals surface area (Å²) in [6.07, 6.45) is 4.20. The maximum absolute atomic E-state index is 4.76. The normalized spacial score (nSPS) is 11.3. The quantitative estimate of drug-likeness (QED) is 0.618. The number of aromatic nitrogens is 2. The van der Waals surface area contributed by atoms with E-state index in [0.29, 0.717) is 6.54 Å². The third-order valence-electron chi connectivity index (χ3n) is 2.55. The maximum atomic E-state index is 4.76. The van der Waals surface area contributed by atoms with Gasteiger partial charge in [0.05, 0.1) is 6.54 Å². The van der Waals surface area contributed by atoms with Gasteiger partial charge in [-0.25, -0.2) is 0 Å². The van der Waals surface area contributed by atoms with Crippen molar-refractivity contribution < 1.29 is 4.52 Å². The van der Waals surface area contributed by atoms with Crippen molar-refractivity contribution in [3.63, 3.8) is 0 Å². The Morgan fingerprint density at radius 1 is 1.26 bits per heavy atom. The first kappa shape index (κ1) is 13.1. The molecule has 2 N–H and O–H groups in total. The van der Waals surface area contributed by atoms with E-state index in [0.717, 1.165) is 30.3 Å². The number of nitrogens with one attached hydrogen (secondary N) is 2.